The first-order valence-electron chi connectivity index (χ1n) is 20.9. The van der Waals surface area contributed by atoms with Gasteiger partial charge < -0.3 is 19.7 Å². The van der Waals surface area contributed by atoms with Crippen molar-refractivity contribution in [2.45, 2.75) is 38.5 Å². The average Bonchev–Trinajstić information content (AvgIpc) is 3.29. The molecule has 0 atom stereocenters. The second-order valence-electron chi connectivity index (χ2n) is 16.8. The van der Waals surface area contributed by atoms with E-state index in [9.17, 15) is 10.2 Å². The topological polar surface area (TPSA) is 58.9 Å². The van der Waals surface area contributed by atoms with Gasteiger partial charge in [-0.15, -0.1) is 0 Å². The van der Waals surface area contributed by atoms with E-state index >= 15 is 0 Å². The van der Waals surface area contributed by atoms with Gasteiger partial charge in [0, 0.05) is 22.0 Å². The van der Waals surface area contributed by atoms with Crippen LogP contribution in [0.25, 0.3) is 65.3 Å². The zero-order valence-electron chi connectivity index (χ0n) is 34.7. The molecule has 60 heavy (non-hydrogen) atoms. The van der Waals surface area contributed by atoms with Gasteiger partial charge in [-0.2, -0.15) is 0 Å². The Labute approximate surface area is 352 Å². The second kappa shape index (κ2) is 16.0. The third kappa shape index (κ3) is 6.96. The van der Waals surface area contributed by atoms with Gasteiger partial charge in [0.15, 0.2) is 0 Å². The van der Waals surface area contributed by atoms with Crippen LogP contribution in [-0.2, 0) is 10.8 Å². The van der Waals surface area contributed by atoms with Crippen molar-refractivity contribution in [1.29, 1.82) is 0 Å². The molecule has 9 rings (SSSR count). The lowest BCUT2D eigenvalue weighted by atomic mass is 9.72. The molecule has 0 amide bonds. The molecule has 9 aromatic carbocycles. The Morgan fingerprint density at radius 2 is 0.717 bits per heavy atom. The molecule has 0 spiro atoms. The lowest BCUT2D eigenvalue weighted by Gasteiger charge is -2.32. The van der Waals surface area contributed by atoms with Crippen LogP contribution in [0.1, 0.15) is 49.9 Å². The fourth-order valence-corrected chi connectivity index (χ4v) is 9.01. The molecule has 0 aliphatic carbocycles. The van der Waals surface area contributed by atoms with Crippen LogP contribution >= 0.6 is 0 Å². The van der Waals surface area contributed by atoms with Crippen LogP contribution in [0.3, 0.4) is 0 Å². The molecular weight excluding hydrogens is 737 g/mol. The molecule has 298 valence electrons. The Kier molecular flexibility index (Phi) is 10.4. The van der Waals surface area contributed by atoms with E-state index in [1.54, 1.807) is 0 Å². The van der Waals surface area contributed by atoms with Crippen LogP contribution in [-0.4, -0.2) is 36.6 Å². The molecule has 0 saturated heterocycles. The molecule has 4 nitrogen and oxygen atoms in total. The van der Waals surface area contributed by atoms with Gasteiger partial charge in [-0.25, -0.2) is 0 Å². The van der Waals surface area contributed by atoms with Crippen LogP contribution in [0.2, 0.25) is 0 Å². The molecule has 0 saturated carbocycles. The molecule has 0 unspecified atom stereocenters. The lowest BCUT2D eigenvalue weighted by Crippen LogP contribution is -2.23. The van der Waals surface area contributed by atoms with Gasteiger partial charge in [0.25, 0.3) is 0 Å². The van der Waals surface area contributed by atoms with Crippen LogP contribution in [0.5, 0.6) is 11.5 Å². The van der Waals surface area contributed by atoms with E-state index in [0.29, 0.717) is 0 Å². The Morgan fingerprint density at radius 1 is 0.350 bits per heavy atom. The summed E-state index contributed by atoms with van der Waals surface area (Å²) in [6.07, 6.45) is 0. The monoisotopic (exact) mass is 786 g/mol. The largest absolute Gasteiger partial charge is 0.491 e. The molecular formula is C56H50O4. The Balaban J connectivity index is 1.14. The van der Waals surface area contributed by atoms with Crippen molar-refractivity contribution in [3.63, 3.8) is 0 Å². The minimum Gasteiger partial charge on any atom is -0.491 e. The minimum absolute atomic E-state index is 0.0630. The summed E-state index contributed by atoms with van der Waals surface area (Å²) < 4.78 is 12.5. The molecule has 2 N–H and O–H groups in total. The third-order valence-corrected chi connectivity index (χ3v) is 12.5. The van der Waals surface area contributed by atoms with Gasteiger partial charge >= 0.3 is 0 Å². The maximum atomic E-state index is 9.77. The predicted molar refractivity (Wildman–Crippen MR) is 250 cm³/mol. The van der Waals surface area contributed by atoms with Crippen molar-refractivity contribution in [1.82, 2.24) is 0 Å². The number of fused-ring (bicyclic) bond motifs is 6. The number of hydrogen-bond donors (Lipinski definition) is 2. The van der Waals surface area contributed by atoms with Gasteiger partial charge in [-0.3, -0.25) is 0 Å². The van der Waals surface area contributed by atoms with E-state index in [2.05, 4.69) is 198 Å². The fourth-order valence-electron chi connectivity index (χ4n) is 9.01. The Hall–Kier alpha value is -6.46. The van der Waals surface area contributed by atoms with Crippen molar-refractivity contribution in [3.05, 3.63) is 192 Å². The van der Waals surface area contributed by atoms with Crippen molar-refractivity contribution in [2.24, 2.45) is 0 Å². The maximum Gasteiger partial charge on any atom is 0.127 e. The van der Waals surface area contributed by atoms with Crippen LogP contribution < -0.4 is 9.47 Å². The molecule has 0 heterocycles. The predicted octanol–water partition coefficient (Wildman–Crippen LogP) is 13.0. The van der Waals surface area contributed by atoms with E-state index in [-0.39, 0.29) is 37.3 Å². The first kappa shape index (κ1) is 39.0. The van der Waals surface area contributed by atoms with Gasteiger partial charge in [0.1, 0.15) is 24.7 Å². The highest BCUT2D eigenvalue weighted by Crippen LogP contribution is 2.45. The maximum absolute atomic E-state index is 9.77. The van der Waals surface area contributed by atoms with Gasteiger partial charge in [-0.1, -0.05) is 161 Å². The second-order valence-corrected chi connectivity index (χ2v) is 16.8. The van der Waals surface area contributed by atoms with E-state index in [0.717, 1.165) is 55.7 Å². The van der Waals surface area contributed by atoms with Gasteiger partial charge in [0.05, 0.1) is 13.2 Å². The van der Waals surface area contributed by atoms with Crippen molar-refractivity contribution >= 4 is 43.1 Å². The summed E-state index contributed by atoms with van der Waals surface area (Å²) in [6.45, 7) is 9.47. The number of aliphatic hydroxyl groups excluding tert-OH is 2. The summed E-state index contributed by atoms with van der Waals surface area (Å²) in [5.41, 5.74) is 8.20. The zero-order valence-corrected chi connectivity index (χ0v) is 34.7. The molecule has 0 fully saturated rings. The molecule has 0 bridgehead atoms. The van der Waals surface area contributed by atoms with Crippen LogP contribution in [0.15, 0.2) is 170 Å². The molecule has 0 radical (unpaired) electrons. The Morgan fingerprint density at radius 3 is 1.13 bits per heavy atom. The van der Waals surface area contributed by atoms with Crippen molar-refractivity contribution < 1.29 is 19.7 Å². The minimum atomic E-state index is -0.375. The third-order valence-electron chi connectivity index (χ3n) is 12.5. The Bertz CT molecular complexity index is 2830. The van der Waals surface area contributed by atoms with Gasteiger partial charge in [0.2, 0.25) is 0 Å². The van der Waals surface area contributed by atoms with E-state index in [1.807, 2.05) is 0 Å². The smallest absolute Gasteiger partial charge is 0.127 e. The van der Waals surface area contributed by atoms with Gasteiger partial charge in [-0.05, 0) is 113 Å². The molecule has 9 aromatic rings. The summed E-state index contributed by atoms with van der Waals surface area (Å²) in [5, 5.41) is 29.0. The van der Waals surface area contributed by atoms with Crippen molar-refractivity contribution in [2.75, 3.05) is 26.4 Å². The normalized spacial score (nSPS) is 12.1. The molecule has 0 aliphatic heterocycles. The van der Waals surface area contributed by atoms with E-state index in [1.165, 1.54) is 43.4 Å². The highest BCUT2D eigenvalue weighted by molar-refractivity contribution is 6.15. The van der Waals surface area contributed by atoms with Crippen LogP contribution in [0.4, 0.5) is 0 Å². The standard InChI is InChI=1S/C56H50O4/c1-55(2,41-24-26-53(59-30-28-57)51(35-41)49-32-37-14-5-7-18-43(37)45-20-9-11-22-47(45)49)39-16-13-17-40(34-39)56(3,4)42-25-27-54(60-31-29-58)52(36-42)50-33-38-15-6-8-19-44(38)46-21-10-12-23-48(46)50/h5-27,32-36,57-58H,28-31H2,1-4H3. The SMILES string of the molecule is CC(C)(c1cccc(C(C)(C)c2ccc(OCCO)c(-c3cc4ccccc4c4ccccc34)c2)c1)c1ccc(OCCO)c(-c2cc3ccccc3c3ccccc23)c1. The van der Waals surface area contributed by atoms with E-state index < -0.39 is 0 Å². The number of benzene rings is 9. The number of hydrogen-bond acceptors (Lipinski definition) is 4. The summed E-state index contributed by atoms with van der Waals surface area (Å²) in [6, 6.07) is 60.8. The highest BCUT2D eigenvalue weighted by atomic mass is 16.5. The van der Waals surface area contributed by atoms with Crippen LogP contribution in [0, 0.1) is 0 Å². The first-order valence-corrected chi connectivity index (χ1v) is 20.9. The van der Waals surface area contributed by atoms with Crippen molar-refractivity contribution in [3.8, 4) is 33.8 Å². The summed E-state index contributed by atoms with van der Waals surface area (Å²) in [4.78, 5) is 0. The van der Waals surface area contributed by atoms with E-state index in [4.69, 9.17) is 9.47 Å². The molecule has 4 heteroatoms. The highest BCUT2D eigenvalue weighted by Gasteiger charge is 2.30. The first-order chi connectivity index (χ1) is 29.2. The summed E-state index contributed by atoms with van der Waals surface area (Å²) in [7, 11) is 0. The average molecular weight is 787 g/mol. The summed E-state index contributed by atoms with van der Waals surface area (Å²) >= 11 is 0. The number of rotatable bonds is 12. The number of ether oxygens (including phenoxy) is 2. The summed E-state index contributed by atoms with van der Waals surface area (Å²) in [5.74, 6) is 1.50. The molecule has 0 aliphatic rings. The quantitative estimate of drug-likeness (QED) is 0.121. The molecule has 0 aromatic heterocycles. The number of aliphatic hydroxyl groups is 2. The fraction of sp³-hybridized carbons (Fsp3) is 0.179. The lowest BCUT2D eigenvalue weighted by molar-refractivity contribution is 0.202. The zero-order chi connectivity index (χ0) is 41.4.